The van der Waals surface area contributed by atoms with Gasteiger partial charge in [0.2, 0.25) is 10.5 Å². The van der Waals surface area contributed by atoms with Crippen molar-refractivity contribution in [3.8, 4) is 0 Å². The predicted molar refractivity (Wildman–Crippen MR) is 499 cm³/mol. The van der Waals surface area contributed by atoms with E-state index in [0.29, 0.717) is 140 Å². The first-order valence-corrected chi connectivity index (χ1v) is 43.6. The third-order valence-electron chi connectivity index (χ3n) is 14.2. The molecule has 0 saturated heterocycles. The molecule has 1 aliphatic rings. The van der Waals surface area contributed by atoms with Gasteiger partial charge in [-0.1, -0.05) is 45.4 Å². The minimum atomic E-state index is -1.79. The number of imide groups is 1. The van der Waals surface area contributed by atoms with E-state index in [2.05, 4.69) is 64.6 Å². The summed E-state index contributed by atoms with van der Waals surface area (Å²) in [5, 5.41) is 173. The number of alkyl carbamates (subject to hydrolysis) is 4. The van der Waals surface area contributed by atoms with Crippen LogP contribution in [0.25, 0.3) is 0 Å². The second kappa shape index (κ2) is 88.4. The van der Waals surface area contributed by atoms with Gasteiger partial charge in [-0.25, -0.2) is 28.8 Å². The number of hydrogen-bond donors (Lipinski definition) is 24. The molecule has 0 aliphatic carbocycles. The normalized spacial score (nSPS) is 13.8. The molecular weight excluding hydrogens is 1870 g/mol. The summed E-state index contributed by atoms with van der Waals surface area (Å²) in [7, 11) is 0. The summed E-state index contributed by atoms with van der Waals surface area (Å²) in [4.78, 5) is 109. The number of ether oxygens (including phenoxy) is 14. The Morgan fingerprint density at radius 1 is 0.358 bits per heavy atom. The smallest absolute Gasteiger partial charge is 0.407 e. The van der Waals surface area contributed by atoms with Crippen molar-refractivity contribution < 1.29 is 206 Å². The van der Waals surface area contributed by atoms with Gasteiger partial charge >= 0.3 is 36.3 Å². The largest absolute Gasteiger partial charge is 0.460 e. The standard InChI is InChI=1S/C15H27NO8.C15H27NO6.C11H23NO7.C11H23NO5.C8H5NO2.C7H16O3.C6H15NO5.C6H14O4.2C4H5ClO/c1-8(2)13(21)23-7-10(18)12(20)11(19)9(17)6-16-14(22)24-15(3,4)5;1-12(2)13(17)21-11-10-20-9-8-19-7-6-16-14(18)22-15(3,4)5;1-11(2,3)19-10(18)12-4-6(14)8(16)9(17)7(15)5-13;1-11(2,3)17-10(14)12-4-6-15-8-9-16-7-5-13;10-7-5-3-1-2-4-6(5)8(11)9-7;1-2-4-9-6-7-10-5-3-8;7-1-3(9)5(11)6(12)4(10)2-8;7-1-3-9-5-6-10-4-2-8;2*1-3(2)4(5)6/h9-12,17-20H,1,6-7H2,2-5H3,(H,16,22);1,6-11H2,2-5H3,(H,16,18);6-9,13-17H,4-5H2,1-3H3,(H,12,18);13H,4-9H2,1-3H3,(H,12,14);1-4H,(H,9,10,11);8H,2-7H2,1H3;3-6,8-12H,1-2,7H2;7-8H,1-6H2;2*1H2,2H3/t9-,10+,11+,12+;;6-,7+,8+,9+;;;;3-,4+,5+,6+;;;/m0.0...0.../s1. The van der Waals surface area contributed by atoms with Crippen LogP contribution in [0.3, 0.4) is 0 Å². The Bertz CT molecular complexity index is 3260. The van der Waals surface area contributed by atoms with E-state index in [0.717, 1.165) is 13.0 Å². The molecule has 12 atom stereocenters. The van der Waals surface area contributed by atoms with Gasteiger partial charge in [-0.3, -0.25) is 24.5 Å². The monoisotopic (exact) mass is 2030 g/mol. The lowest BCUT2D eigenvalue weighted by Gasteiger charge is -2.27. The molecule has 2 rings (SSSR count). The van der Waals surface area contributed by atoms with Gasteiger partial charge in [-0.2, -0.15) is 0 Å². The van der Waals surface area contributed by atoms with Crippen molar-refractivity contribution in [1.82, 2.24) is 26.6 Å². The molecule has 0 bridgehead atoms. The molecule has 0 saturated carbocycles. The number of amides is 6. The molecule has 1 aromatic carbocycles. The highest BCUT2D eigenvalue weighted by molar-refractivity contribution is 6.67. The lowest BCUT2D eigenvalue weighted by molar-refractivity contribution is -0.150. The minimum absolute atomic E-state index is 0.0141. The molecular formula is C87H160Cl2N6O42. The third kappa shape index (κ3) is 96.8. The quantitative estimate of drug-likeness (QED) is 0.00859. The highest BCUT2D eigenvalue weighted by Gasteiger charge is 2.34. The molecule has 50 heteroatoms. The van der Waals surface area contributed by atoms with Crippen LogP contribution in [0.4, 0.5) is 19.2 Å². The molecule has 1 aliphatic heterocycles. The van der Waals surface area contributed by atoms with E-state index in [1.165, 1.54) is 6.92 Å². The number of aliphatic hydroxyl groups is 18. The van der Waals surface area contributed by atoms with Crippen LogP contribution in [-0.2, 0) is 85.5 Å². The van der Waals surface area contributed by atoms with E-state index >= 15 is 0 Å². The highest BCUT2D eigenvalue weighted by Crippen LogP contribution is 2.16. The fraction of sp³-hybridized carbons (Fsp3) is 0.724. The maximum Gasteiger partial charge on any atom is 0.407 e. The Morgan fingerprint density at radius 2 is 0.599 bits per heavy atom. The molecule has 6 amide bonds. The van der Waals surface area contributed by atoms with Gasteiger partial charge in [0.15, 0.2) is 0 Å². The molecule has 0 fully saturated rings. The number of esters is 2. The van der Waals surface area contributed by atoms with Crippen LogP contribution in [0.1, 0.15) is 145 Å². The number of aliphatic hydroxyl groups excluding tert-OH is 18. The van der Waals surface area contributed by atoms with E-state index in [4.69, 9.17) is 147 Å². The first-order valence-electron chi connectivity index (χ1n) is 42.9. The van der Waals surface area contributed by atoms with Crippen molar-refractivity contribution in [2.24, 2.45) is 5.73 Å². The lowest BCUT2D eigenvalue weighted by atomic mass is 10.0. The van der Waals surface area contributed by atoms with Gasteiger partial charge in [0, 0.05) is 61.6 Å². The van der Waals surface area contributed by atoms with Gasteiger partial charge < -0.3 is 185 Å². The summed E-state index contributed by atoms with van der Waals surface area (Å²) >= 11 is 9.75. The maximum atomic E-state index is 11.4. The van der Waals surface area contributed by atoms with Crippen LogP contribution in [0.15, 0.2) is 72.9 Å². The average Bonchev–Trinajstić information content (AvgIpc) is 1.67. The molecule has 0 radical (unpaired) electrons. The van der Waals surface area contributed by atoms with Gasteiger partial charge in [-0.15, -0.1) is 0 Å². The fourth-order valence-corrected chi connectivity index (χ4v) is 7.55. The number of benzene rings is 1. The van der Waals surface area contributed by atoms with E-state index < -0.39 is 169 Å². The molecule has 25 N–H and O–H groups in total. The first-order chi connectivity index (χ1) is 63.5. The van der Waals surface area contributed by atoms with Crippen molar-refractivity contribution in [2.75, 3.05) is 191 Å². The van der Waals surface area contributed by atoms with Gasteiger partial charge in [0.25, 0.3) is 11.8 Å². The van der Waals surface area contributed by atoms with Crippen LogP contribution >= 0.6 is 23.2 Å². The fourth-order valence-electron chi connectivity index (χ4n) is 7.55. The summed E-state index contributed by atoms with van der Waals surface area (Å²) in [6.45, 7) is 47.6. The van der Waals surface area contributed by atoms with Gasteiger partial charge in [-0.05, 0) is 153 Å². The number of allylic oxidation sites excluding steroid dienone is 2. The van der Waals surface area contributed by atoms with Crippen LogP contribution in [0.5, 0.6) is 0 Å². The Balaban J connectivity index is -0.000000231. The predicted octanol–water partition coefficient (Wildman–Crippen LogP) is -1.75. The topological polar surface area (TPSA) is 750 Å². The van der Waals surface area contributed by atoms with Crippen LogP contribution in [-0.4, -0.2) is 437 Å². The Hall–Kier alpha value is -7.82. The molecule has 804 valence electrons. The number of fused-ring (bicyclic) bond motifs is 1. The molecule has 0 aromatic heterocycles. The summed E-state index contributed by atoms with van der Waals surface area (Å²) in [5.41, 5.74) is 4.76. The van der Waals surface area contributed by atoms with E-state index in [9.17, 15) is 83.7 Å². The highest BCUT2D eigenvalue weighted by atomic mass is 35.5. The number of rotatable bonds is 53. The van der Waals surface area contributed by atoms with Gasteiger partial charge in [0.05, 0.1) is 168 Å². The zero-order chi connectivity index (χ0) is 108. The summed E-state index contributed by atoms with van der Waals surface area (Å²) < 4.78 is 69.9. The molecule has 137 heavy (non-hydrogen) atoms. The Kier molecular flexibility index (Phi) is 93.2. The maximum absolute atomic E-state index is 11.4. The number of nitrogens with one attached hydrogen (secondary N) is 5. The van der Waals surface area contributed by atoms with Crippen molar-refractivity contribution in [3.63, 3.8) is 0 Å². The molecule has 1 aromatic rings. The summed E-state index contributed by atoms with van der Waals surface area (Å²) in [6, 6.07) is 6.74. The number of halogens is 2. The van der Waals surface area contributed by atoms with Crippen molar-refractivity contribution in [1.29, 1.82) is 0 Å². The van der Waals surface area contributed by atoms with E-state index in [-0.39, 0.29) is 63.5 Å². The molecule has 0 unspecified atom stereocenters. The molecule has 48 nitrogen and oxygen atoms in total. The number of carbonyl (C=O) groups excluding carboxylic acids is 10. The number of hydrogen-bond acceptors (Lipinski definition) is 43. The number of carbonyl (C=O) groups is 10. The van der Waals surface area contributed by atoms with Crippen LogP contribution in [0.2, 0.25) is 0 Å². The zero-order valence-corrected chi connectivity index (χ0v) is 83.5. The summed E-state index contributed by atoms with van der Waals surface area (Å²) in [6.07, 6.45) is -20.7. The molecule has 1 heterocycles. The summed E-state index contributed by atoms with van der Waals surface area (Å²) in [5.74, 6) is -1.79. The lowest BCUT2D eigenvalue weighted by Crippen LogP contribution is -2.50. The Morgan fingerprint density at radius 3 is 0.854 bits per heavy atom. The zero-order valence-electron chi connectivity index (χ0n) is 82.0. The second-order valence-electron chi connectivity index (χ2n) is 32.1. The second-order valence-corrected chi connectivity index (χ2v) is 32.8. The SMILES string of the molecule is C=C(C)C(=O)Cl.C=C(C)C(=O)Cl.C=C(C)C(=O)OCCOCCOCCNC(=O)OC(C)(C)C.C=C(C)C(=O)OC[C@@H](O)[C@@H](O)[C@H](O)[C@@H](O)CNC(=O)OC(C)(C)C.CC(C)(C)OC(=O)NCCOCCOCCO.CC(C)(C)OC(=O)NC[C@H](O)[C@@H](O)[C@H](O)[C@H](O)CO.CCCOCCOCCO.NC[C@H](O)[C@@H](O)[C@H](O)[C@H](O)CO.O=C1NC(=O)c2ccccc21.OCCOCCOCCO. The number of nitrogens with two attached hydrogens (primary N) is 1. The first kappa shape index (κ1) is 145. The average molecular weight is 2030 g/mol. The Labute approximate surface area is 811 Å². The van der Waals surface area contributed by atoms with Crippen LogP contribution < -0.4 is 32.3 Å². The van der Waals surface area contributed by atoms with Crippen molar-refractivity contribution in [2.45, 2.75) is 220 Å². The van der Waals surface area contributed by atoms with Crippen molar-refractivity contribution >= 4 is 81.8 Å². The van der Waals surface area contributed by atoms with Crippen LogP contribution in [0, 0.1) is 0 Å². The molecule has 0 spiro atoms. The van der Waals surface area contributed by atoms with Crippen molar-refractivity contribution in [3.05, 3.63) is 84.0 Å². The third-order valence-corrected chi connectivity index (χ3v) is 14.9. The minimum Gasteiger partial charge on any atom is -0.460 e. The van der Waals surface area contributed by atoms with Gasteiger partial charge in [0.1, 0.15) is 90.6 Å². The van der Waals surface area contributed by atoms with E-state index in [1.54, 1.807) is 107 Å². The van der Waals surface area contributed by atoms with E-state index in [1.807, 2.05) is 20.8 Å².